The van der Waals surface area contributed by atoms with Gasteiger partial charge in [-0.3, -0.25) is 14.5 Å². The number of amides is 2. The van der Waals surface area contributed by atoms with Crippen molar-refractivity contribution in [3.05, 3.63) is 41.0 Å². The number of hydrogen-bond acceptors (Lipinski definition) is 5. The smallest absolute Gasteiger partial charge is 0.265 e. The van der Waals surface area contributed by atoms with Crippen LogP contribution in [0.5, 0.6) is 5.75 Å². The maximum absolute atomic E-state index is 12.3. The first kappa shape index (κ1) is 17.2. The van der Waals surface area contributed by atoms with Gasteiger partial charge >= 0.3 is 0 Å². The highest BCUT2D eigenvalue weighted by Crippen LogP contribution is 2.34. The summed E-state index contributed by atoms with van der Waals surface area (Å²) in [6.45, 7) is -0.178. The van der Waals surface area contributed by atoms with Crippen LogP contribution in [0, 0.1) is 0 Å². The molecule has 1 N–H and O–H groups in total. The van der Waals surface area contributed by atoms with Crippen LogP contribution in [0.4, 0.5) is 17.2 Å². The van der Waals surface area contributed by atoms with E-state index in [0.29, 0.717) is 17.1 Å². The van der Waals surface area contributed by atoms with Gasteiger partial charge < -0.3 is 15.0 Å². The van der Waals surface area contributed by atoms with E-state index in [1.54, 1.807) is 30.5 Å². The van der Waals surface area contributed by atoms with E-state index in [4.69, 9.17) is 4.74 Å². The van der Waals surface area contributed by atoms with E-state index in [2.05, 4.69) is 26.2 Å². The number of halogens is 1. The van der Waals surface area contributed by atoms with Crippen LogP contribution in [0.2, 0.25) is 0 Å². The Labute approximate surface area is 153 Å². The van der Waals surface area contributed by atoms with Gasteiger partial charge in [-0.1, -0.05) is 15.9 Å². The van der Waals surface area contributed by atoms with E-state index in [1.165, 1.54) is 4.90 Å². The van der Waals surface area contributed by atoms with Gasteiger partial charge in [0.15, 0.2) is 6.61 Å². The second-order valence-electron chi connectivity index (χ2n) is 5.73. The zero-order chi connectivity index (χ0) is 18.0. The fourth-order valence-electron chi connectivity index (χ4n) is 2.42. The minimum atomic E-state index is -0.302. The summed E-state index contributed by atoms with van der Waals surface area (Å²) in [4.78, 5) is 32.0. The van der Waals surface area contributed by atoms with Gasteiger partial charge in [-0.2, -0.15) is 0 Å². The topological polar surface area (TPSA) is 74.8 Å². The van der Waals surface area contributed by atoms with Crippen LogP contribution < -0.4 is 19.9 Å². The molecule has 1 aromatic heterocycles. The van der Waals surface area contributed by atoms with Crippen molar-refractivity contribution in [2.45, 2.75) is 0 Å². The third kappa shape index (κ3) is 3.90. The molecule has 0 aliphatic carbocycles. The van der Waals surface area contributed by atoms with Crippen LogP contribution >= 0.6 is 15.9 Å². The van der Waals surface area contributed by atoms with Crippen LogP contribution in [0.25, 0.3) is 0 Å². The van der Waals surface area contributed by atoms with Crippen LogP contribution in [-0.2, 0) is 9.59 Å². The highest BCUT2D eigenvalue weighted by Gasteiger charge is 2.27. The van der Waals surface area contributed by atoms with Gasteiger partial charge in [-0.05, 0) is 30.3 Å². The zero-order valence-corrected chi connectivity index (χ0v) is 15.4. The summed E-state index contributed by atoms with van der Waals surface area (Å²) in [6, 6.07) is 8.90. The molecule has 0 saturated carbocycles. The molecule has 1 aromatic carbocycles. The van der Waals surface area contributed by atoms with Gasteiger partial charge in [-0.15, -0.1) is 0 Å². The van der Waals surface area contributed by atoms with E-state index in [1.807, 2.05) is 25.1 Å². The van der Waals surface area contributed by atoms with E-state index < -0.39 is 0 Å². The second-order valence-corrected chi connectivity index (χ2v) is 6.64. The molecule has 0 saturated heterocycles. The fourth-order valence-corrected chi connectivity index (χ4v) is 2.76. The molecule has 130 valence electrons. The van der Waals surface area contributed by atoms with Crippen molar-refractivity contribution in [1.82, 2.24) is 4.98 Å². The van der Waals surface area contributed by atoms with E-state index in [-0.39, 0.29) is 25.0 Å². The molecular formula is C17H17BrN4O3. The summed E-state index contributed by atoms with van der Waals surface area (Å²) < 4.78 is 6.26. The van der Waals surface area contributed by atoms with Crippen molar-refractivity contribution in [3.8, 4) is 5.75 Å². The van der Waals surface area contributed by atoms with E-state index in [9.17, 15) is 9.59 Å². The number of pyridine rings is 1. The molecule has 8 heteroatoms. The Kier molecular flexibility index (Phi) is 4.89. The molecule has 0 bridgehead atoms. The number of carbonyl (C=O) groups excluding carboxylic acids is 2. The quantitative estimate of drug-likeness (QED) is 0.845. The summed E-state index contributed by atoms with van der Waals surface area (Å²) in [5, 5.41) is 2.75. The SMILES string of the molecule is CN(C)c1ccc(NC(=O)CN2C(=O)COc3cc(Br)ccc32)cn1. The van der Waals surface area contributed by atoms with Gasteiger partial charge in [0.2, 0.25) is 5.91 Å². The Hall–Kier alpha value is -2.61. The van der Waals surface area contributed by atoms with Crippen molar-refractivity contribution in [2.24, 2.45) is 0 Å². The Morgan fingerprint density at radius 1 is 1.36 bits per heavy atom. The number of hydrogen-bond donors (Lipinski definition) is 1. The minimum absolute atomic E-state index is 0.0875. The molecule has 2 heterocycles. The minimum Gasteiger partial charge on any atom is -0.482 e. The Bertz CT molecular complexity index is 808. The predicted octanol–water partition coefficient (Wildman–Crippen LogP) is 2.27. The third-order valence-corrected chi connectivity index (χ3v) is 4.15. The van der Waals surface area contributed by atoms with Crippen molar-refractivity contribution >= 4 is 44.9 Å². The maximum Gasteiger partial charge on any atom is 0.265 e. The zero-order valence-electron chi connectivity index (χ0n) is 13.8. The number of fused-ring (bicyclic) bond motifs is 1. The van der Waals surface area contributed by atoms with E-state index in [0.717, 1.165) is 10.3 Å². The Balaban J connectivity index is 1.71. The number of aromatic nitrogens is 1. The average molecular weight is 405 g/mol. The van der Waals surface area contributed by atoms with Crippen LogP contribution in [0.15, 0.2) is 41.0 Å². The number of ether oxygens (including phenoxy) is 1. The van der Waals surface area contributed by atoms with Crippen LogP contribution in [0.3, 0.4) is 0 Å². The van der Waals surface area contributed by atoms with E-state index >= 15 is 0 Å². The number of rotatable bonds is 4. The first-order valence-corrected chi connectivity index (χ1v) is 8.39. The molecule has 3 rings (SSSR count). The molecule has 2 amide bonds. The third-order valence-electron chi connectivity index (χ3n) is 3.66. The Morgan fingerprint density at radius 2 is 2.16 bits per heavy atom. The molecule has 0 spiro atoms. The molecule has 1 aliphatic heterocycles. The number of benzene rings is 1. The molecule has 0 atom stereocenters. The van der Waals surface area contributed by atoms with Crippen molar-refractivity contribution < 1.29 is 14.3 Å². The molecule has 0 radical (unpaired) electrons. The largest absolute Gasteiger partial charge is 0.482 e. The maximum atomic E-state index is 12.3. The monoisotopic (exact) mass is 404 g/mol. The molecule has 7 nitrogen and oxygen atoms in total. The predicted molar refractivity (Wildman–Crippen MR) is 99.2 cm³/mol. The second kappa shape index (κ2) is 7.10. The highest BCUT2D eigenvalue weighted by atomic mass is 79.9. The molecular weight excluding hydrogens is 388 g/mol. The number of nitrogens with one attached hydrogen (secondary N) is 1. The number of anilines is 3. The lowest BCUT2D eigenvalue weighted by atomic mass is 10.2. The van der Waals surface area contributed by atoms with Gasteiger partial charge in [0.25, 0.3) is 5.91 Å². The summed E-state index contributed by atoms with van der Waals surface area (Å²) >= 11 is 3.36. The highest BCUT2D eigenvalue weighted by molar-refractivity contribution is 9.10. The van der Waals surface area contributed by atoms with Gasteiger partial charge in [0.05, 0.1) is 17.6 Å². The average Bonchev–Trinajstić information content (AvgIpc) is 2.58. The number of carbonyl (C=O) groups is 2. The molecule has 0 unspecified atom stereocenters. The molecule has 0 fully saturated rings. The summed E-state index contributed by atoms with van der Waals surface area (Å²) in [6.07, 6.45) is 1.58. The summed E-state index contributed by atoms with van der Waals surface area (Å²) in [7, 11) is 3.78. The summed E-state index contributed by atoms with van der Waals surface area (Å²) in [5.41, 5.74) is 1.16. The standard InChI is InChI=1S/C17H17BrN4O3/c1-21(2)15-6-4-12(8-19-15)20-16(23)9-22-13-5-3-11(18)7-14(13)25-10-17(22)24/h3-8H,9-10H2,1-2H3,(H,20,23). The van der Waals surface area contributed by atoms with Gasteiger partial charge in [0, 0.05) is 18.6 Å². The molecule has 25 heavy (non-hydrogen) atoms. The van der Waals surface area contributed by atoms with Crippen molar-refractivity contribution in [3.63, 3.8) is 0 Å². The van der Waals surface area contributed by atoms with Crippen LogP contribution in [-0.4, -0.2) is 44.0 Å². The summed E-state index contributed by atoms with van der Waals surface area (Å²) in [5.74, 6) is 0.800. The number of nitrogens with zero attached hydrogens (tertiary/aromatic N) is 3. The first-order valence-electron chi connectivity index (χ1n) is 7.60. The molecule has 2 aromatic rings. The lowest BCUT2D eigenvalue weighted by Crippen LogP contribution is -2.43. The lowest BCUT2D eigenvalue weighted by Gasteiger charge is -2.29. The van der Waals surface area contributed by atoms with Crippen molar-refractivity contribution in [1.29, 1.82) is 0 Å². The van der Waals surface area contributed by atoms with Crippen LogP contribution in [0.1, 0.15) is 0 Å². The first-order chi connectivity index (χ1) is 11.9. The van der Waals surface area contributed by atoms with Crippen molar-refractivity contribution in [2.75, 3.05) is 42.4 Å². The van der Waals surface area contributed by atoms with Gasteiger partial charge in [0.1, 0.15) is 18.1 Å². The Morgan fingerprint density at radius 3 is 2.84 bits per heavy atom. The lowest BCUT2D eigenvalue weighted by molar-refractivity contribution is -0.123. The molecule has 1 aliphatic rings. The van der Waals surface area contributed by atoms with Gasteiger partial charge in [-0.25, -0.2) is 4.98 Å². The fraction of sp³-hybridized carbons (Fsp3) is 0.235. The normalized spacial score (nSPS) is 13.1.